The first-order valence-electron chi connectivity index (χ1n) is 8.85. The molecule has 2 aliphatic heterocycles. The van der Waals surface area contributed by atoms with Gasteiger partial charge in [-0.2, -0.15) is 0 Å². The molecule has 136 valence electrons. The third-order valence-electron chi connectivity index (χ3n) is 5.39. The van der Waals surface area contributed by atoms with Crippen LogP contribution in [0.5, 0.6) is 0 Å². The molecule has 3 heterocycles. The van der Waals surface area contributed by atoms with E-state index in [1.54, 1.807) is 19.3 Å². The van der Waals surface area contributed by atoms with Crippen molar-refractivity contribution in [1.82, 2.24) is 15.3 Å². The highest BCUT2D eigenvalue weighted by Gasteiger charge is 2.52. The largest absolute Gasteiger partial charge is 0.498 e. The van der Waals surface area contributed by atoms with Gasteiger partial charge in [-0.3, -0.25) is 4.79 Å². The molecule has 1 aromatic heterocycles. The van der Waals surface area contributed by atoms with Gasteiger partial charge in [0.25, 0.3) is 0 Å². The number of nitrogens with one attached hydrogen (secondary N) is 1. The molecule has 0 saturated carbocycles. The van der Waals surface area contributed by atoms with Crippen LogP contribution in [0.1, 0.15) is 41.0 Å². The molecule has 2 saturated heterocycles. The molecule has 0 aliphatic carbocycles. The van der Waals surface area contributed by atoms with Gasteiger partial charge in [0.15, 0.2) is 0 Å². The highest BCUT2D eigenvalue weighted by atomic mass is 16.7. The lowest BCUT2D eigenvalue weighted by molar-refractivity contribution is -0.119. The van der Waals surface area contributed by atoms with Crippen LogP contribution in [-0.4, -0.2) is 53.8 Å². The van der Waals surface area contributed by atoms with Crippen molar-refractivity contribution in [3.8, 4) is 0 Å². The number of hydrogen-bond acceptors (Lipinski definition) is 6. The van der Waals surface area contributed by atoms with Crippen LogP contribution in [0, 0.1) is 5.92 Å². The molecular formula is C17H27BN4O3. The Morgan fingerprint density at radius 3 is 2.44 bits per heavy atom. The minimum Gasteiger partial charge on any atom is -0.399 e. The Balaban J connectivity index is 1.61. The van der Waals surface area contributed by atoms with E-state index in [-0.39, 0.29) is 17.1 Å². The Morgan fingerprint density at radius 1 is 1.28 bits per heavy atom. The number of aromatic nitrogens is 2. The maximum Gasteiger partial charge on any atom is 0.498 e. The molecule has 1 atom stereocenters. The topological polar surface area (TPSA) is 76.6 Å². The van der Waals surface area contributed by atoms with Crippen molar-refractivity contribution in [3.63, 3.8) is 0 Å². The van der Waals surface area contributed by atoms with E-state index in [9.17, 15) is 4.79 Å². The van der Waals surface area contributed by atoms with Crippen molar-refractivity contribution in [2.24, 2.45) is 5.92 Å². The summed E-state index contributed by atoms with van der Waals surface area (Å²) in [6, 6.07) is 0. The van der Waals surface area contributed by atoms with Crippen LogP contribution in [0.2, 0.25) is 0 Å². The molecule has 2 fully saturated rings. The van der Waals surface area contributed by atoms with Gasteiger partial charge in [0, 0.05) is 44.4 Å². The molecule has 0 bridgehead atoms. The summed E-state index contributed by atoms with van der Waals surface area (Å²) in [6.07, 6.45) is 4.60. The monoisotopic (exact) mass is 346 g/mol. The Labute approximate surface area is 149 Å². The van der Waals surface area contributed by atoms with Crippen LogP contribution in [0.25, 0.3) is 0 Å². The van der Waals surface area contributed by atoms with Crippen molar-refractivity contribution >= 4 is 24.4 Å². The van der Waals surface area contributed by atoms with Gasteiger partial charge in [0.05, 0.1) is 11.2 Å². The van der Waals surface area contributed by atoms with Crippen molar-refractivity contribution in [1.29, 1.82) is 0 Å². The molecule has 1 N–H and O–H groups in total. The molecule has 1 aromatic rings. The maximum atomic E-state index is 11.0. The summed E-state index contributed by atoms with van der Waals surface area (Å²) < 4.78 is 12.1. The number of carbonyl (C=O) groups is 1. The second kappa shape index (κ2) is 6.57. The zero-order chi connectivity index (χ0) is 18.2. The van der Waals surface area contributed by atoms with Crippen molar-refractivity contribution in [2.45, 2.75) is 52.2 Å². The first-order chi connectivity index (χ1) is 11.7. The summed E-state index contributed by atoms with van der Waals surface area (Å²) in [5.74, 6) is 1.17. The third-order valence-corrected chi connectivity index (χ3v) is 5.39. The highest BCUT2D eigenvalue weighted by Crippen LogP contribution is 2.36. The van der Waals surface area contributed by atoms with E-state index < -0.39 is 7.12 Å². The van der Waals surface area contributed by atoms with Crippen LogP contribution in [0.15, 0.2) is 12.4 Å². The molecule has 1 amide bonds. The van der Waals surface area contributed by atoms with E-state index in [4.69, 9.17) is 9.31 Å². The van der Waals surface area contributed by atoms with E-state index >= 15 is 0 Å². The normalized spacial score (nSPS) is 24.6. The predicted octanol–water partition coefficient (Wildman–Crippen LogP) is 0.738. The average Bonchev–Trinajstić information content (AvgIpc) is 3.08. The van der Waals surface area contributed by atoms with Crippen molar-refractivity contribution in [3.05, 3.63) is 12.4 Å². The number of rotatable bonds is 4. The molecule has 7 nitrogen and oxygen atoms in total. The highest BCUT2D eigenvalue weighted by molar-refractivity contribution is 6.61. The summed E-state index contributed by atoms with van der Waals surface area (Å²) in [7, 11) is -0.440. The van der Waals surface area contributed by atoms with Gasteiger partial charge in [-0.25, -0.2) is 9.97 Å². The van der Waals surface area contributed by atoms with Gasteiger partial charge in [-0.1, -0.05) is 0 Å². The lowest BCUT2D eigenvalue weighted by atomic mass is 9.81. The van der Waals surface area contributed by atoms with Crippen molar-refractivity contribution in [2.75, 3.05) is 24.5 Å². The average molecular weight is 346 g/mol. The second-order valence-corrected chi connectivity index (χ2v) is 7.94. The van der Waals surface area contributed by atoms with E-state index in [1.807, 2.05) is 27.7 Å². The molecule has 0 spiro atoms. The van der Waals surface area contributed by atoms with Gasteiger partial charge in [-0.15, -0.1) is 0 Å². The fourth-order valence-electron chi connectivity index (χ4n) is 3.06. The summed E-state index contributed by atoms with van der Waals surface area (Å²) in [5, 5.41) is 2.88. The standard InChI is InChI=1S/C17H27BN4O3/c1-12(23)19-8-13-6-7-22(11-13)15-20-9-14(10-21-15)18-24-16(2,3)17(4,5)25-18/h9-10,13H,6-8,11H2,1-5H3,(H,19,23)/t13-/m1/s1. The maximum absolute atomic E-state index is 11.0. The van der Waals surface area contributed by atoms with Crippen LogP contribution in [0.4, 0.5) is 5.95 Å². The van der Waals surface area contributed by atoms with E-state index in [0.717, 1.165) is 25.0 Å². The van der Waals surface area contributed by atoms with Gasteiger partial charge < -0.3 is 19.5 Å². The molecular weight excluding hydrogens is 319 g/mol. The van der Waals surface area contributed by atoms with Gasteiger partial charge in [-0.05, 0) is 40.0 Å². The Morgan fingerprint density at radius 2 is 1.88 bits per heavy atom. The lowest BCUT2D eigenvalue weighted by Crippen LogP contribution is -2.41. The first kappa shape index (κ1) is 18.1. The molecule has 0 unspecified atom stereocenters. The number of hydrogen-bond donors (Lipinski definition) is 1. The summed E-state index contributed by atoms with van der Waals surface area (Å²) >= 11 is 0. The van der Waals surface area contributed by atoms with Crippen LogP contribution < -0.4 is 15.7 Å². The molecule has 2 aliphatic rings. The minimum absolute atomic E-state index is 0.0152. The molecule has 0 aromatic carbocycles. The van der Waals surface area contributed by atoms with Gasteiger partial charge in [0.1, 0.15) is 0 Å². The van der Waals surface area contributed by atoms with Crippen molar-refractivity contribution < 1.29 is 14.1 Å². The van der Waals surface area contributed by atoms with Crippen LogP contribution in [-0.2, 0) is 14.1 Å². The zero-order valence-electron chi connectivity index (χ0n) is 15.7. The number of anilines is 1. The number of nitrogens with zero attached hydrogens (tertiary/aromatic N) is 3. The minimum atomic E-state index is -0.440. The van der Waals surface area contributed by atoms with Crippen LogP contribution >= 0.6 is 0 Å². The number of carbonyl (C=O) groups excluding carboxylic acids is 1. The van der Waals surface area contributed by atoms with E-state index in [1.165, 1.54) is 0 Å². The lowest BCUT2D eigenvalue weighted by Gasteiger charge is -2.32. The SMILES string of the molecule is CC(=O)NC[C@H]1CCN(c2ncc(B3OC(C)(C)C(C)(C)O3)cn2)C1. The quantitative estimate of drug-likeness (QED) is 0.811. The Hall–Kier alpha value is -1.67. The van der Waals surface area contributed by atoms with E-state index in [2.05, 4.69) is 20.2 Å². The summed E-state index contributed by atoms with van der Waals surface area (Å²) in [4.78, 5) is 22.2. The fourth-order valence-corrected chi connectivity index (χ4v) is 3.06. The number of amides is 1. The molecule has 8 heteroatoms. The zero-order valence-corrected chi connectivity index (χ0v) is 15.7. The summed E-state index contributed by atoms with van der Waals surface area (Å²) in [6.45, 7) is 12.1. The fraction of sp³-hybridized carbons (Fsp3) is 0.706. The predicted molar refractivity (Wildman–Crippen MR) is 96.8 cm³/mol. The summed E-state index contributed by atoms with van der Waals surface area (Å²) in [5.41, 5.74) is 0.0844. The first-order valence-corrected chi connectivity index (χ1v) is 8.85. The smallest absolute Gasteiger partial charge is 0.399 e. The van der Waals surface area contributed by atoms with Gasteiger partial charge >= 0.3 is 7.12 Å². The molecule has 3 rings (SSSR count). The Bertz CT molecular complexity index is 619. The second-order valence-electron chi connectivity index (χ2n) is 7.94. The van der Waals surface area contributed by atoms with Gasteiger partial charge in [0.2, 0.25) is 11.9 Å². The van der Waals surface area contributed by atoms with Crippen LogP contribution in [0.3, 0.4) is 0 Å². The molecule has 0 radical (unpaired) electrons. The Kier molecular flexibility index (Phi) is 4.77. The van der Waals surface area contributed by atoms with E-state index in [0.29, 0.717) is 18.4 Å². The molecule has 25 heavy (non-hydrogen) atoms. The third kappa shape index (κ3) is 3.79.